The SMILES string of the molecule is C=C(C)CN1CC[C@]23CCCC[C@H]2[C@@H]1Cc1ccc(O)cc13. The van der Waals surface area contributed by atoms with Gasteiger partial charge in [0.15, 0.2) is 0 Å². The predicted octanol–water partition coefficient (Wildman–Crippen LogP) is 4.03. The Balaban J connectivity index is 1.80. The Morgan fingerprint density at radius 2 is 2.23 bits per heavy atom. The van der Waals surface area contributed by atoms with Crippen molar-refractivity contribution in [3.63, 3.8) is 0 Å². The number of hydrogen-bond acceptors (Lipinski definition) is 2. The van der Waals surface area contributed by atoms with Crippen LogP contribution in [0.5, 0.6) is 5.75 Å². The van der Waals surface area contributed by atoms with Crippen molar-refractivity contribution < 1.29 is 5.11 Å². The fourth-order valence-corrected chi connectivity index (χ4v) is 5.62. The van der Waals surface area contributed by atoms with Crippen molar-refractivity contribution in [1.82, 2.24) is 4.90 Å². The van der Waals surface area contributed by atoms with E-state index in [1.807, 2.05) is 6.07 Å². The summed E-state index contributed by atoms with van der Waals surface area (Å²) in [6, 6.07) is 6.80. The van der Waals surface area contributed by atoms with E-state index in [1.54, 1.807) is 0 Å². The van der Waals surface area contributed by atoms with Gasteiger partial charge in [-0.2, -0.15) is 0 Å². The molecule has 1 aromatic carbocycles. The zero-order valence-electron chi connectivity index (χ0n) is 13.6. The largest absolute Gasteiger partial charge is 0.508 e. The molecular formula is C20H27NO. The Kier molecular flexibility index (Phi) is 3.34. The molecule has 2 bridgehead atoms. The minimum atomic E-state index is 0.334. The Labute approximate surface area is 133 Å². The van der Waals surface area contributed by atoms with Gasteiger partial charge in [0.25, 0.3) is 0 Å². The van der Waals surface area contributed by atoms with Gasteiger partial charge in [0.2, 0.25) is 0 Å². The van der Waals surface area contributed by atoms with Crippen LogP contribution < -0.4 is 0 Å². The molecule has 2 aliphatic carbocycles. The van der Waals surface area contributed by atoms with Crippen LogP contribution in [0.3, 0.4) is 0 Å². The molecule has 0 spiro atoms. The predicted molar refractivity (Wildman–Crippen MR) is 90.2 cm³/mol. The Morgan fingerprint density at radius 1 is 1.36 bits per heavy atom. The van der Waals surface area contributed by atoms with Gasteiger partial charge >= 0.3 is 0 Å². The normalized spacial score (nSPS) is 33.9. The first kappa shape index (κ1) is 14.3. The number of nitrogens with zero attached hydrogens (tertiary/aromatic N) is 1. The average Bonchev–Trinajstić information content (AvgIpc) is 2.50. The third-order valence-corrected chi connectivity index (χ3v) is 6.41. The van der Waals surface area contributed by atoms with Crippen LogP contribution in [0.2, 0.25) is 0 Å². The zero-order valence-corrected chi connectivity index (χ0v) is 13.6. The molecule has 1 aliphatic heterocycles. The van der Waals surface area contributed by atoms with Crippen LogP contribution in [0.15, 0.2) is 30.4 Å². The van der Waals surface area contributed by atoms with Crippen LogP contribution >= 0.6 is 0 Å². The lowest BCUT2D eigenvalue weighted by Crippen LogP contribution is -2.61. The van der Waals surface area contributed by atoms with Gasteiger partial charge in [-0.05, 0) is 68.3 Å². The summed E-state index contributed by atoms with van der Waals surface area (Å²) in [5.41, 5.74) is 4.57. The molecular weight excluding hydrogens is 270 g/mol. The molecule has 2 fully saturated rings. The summed E-state index contributed by atoms with van der Waals surface area (Å²) in [6.07, 6.45) is 7.78. The number of phenols is 1. The van der Waals surface area contributed by atoms with E-state index < -0.39 is 0 Å². The lowest BCUT2D eigenvalue weighted by atomic mass is 9.52. The van der Waals surface area contributed by atoms with Crippen molar-refractivity contribution in [1.29, 1.82) is 0 Å². The maximum absolute atomic E-state index is 10.0. The highest BCUT2D eigenvalue weighted by atomic mass is 16.3. The van der Waals surface area contributed by atoms with Gasteiger partial charge in [-0.25, -0.2) is 0 Å². The van der Waals surface area contributed by atoms with E-state index in [-0.39, 0.29) is 0 Å². The van der Waals surface area contributed by atoms with Gasteiger partial charge in [-0.1, -0.05) is 31.1 Å². The van der Waals surface area contributed by atoms with E-state index in [9.17, 15) is 5.11 Å². The summed E-state index contributed by atoms with van der Waals surface area (Å²) in [4.78, 5) is 2.69. The van der Waals surface area contributed by atoms with Gasteiger partial charge in [0, 0.05) is 18.0 Å². The highest BCUT2D eigenvalue weighted by Crippen LogP contribution is 2.56. The third-order valence-electron chi connectivity index (χ3n) is 6.41. The second kappa shape index (κ2) is 5.13. The molecule has 1 aromatic rings. The maximum atomic E-state index is 10.0. The van der Waals surface area contributed by atoms with Gasteiger partial charge in [-0.15, -0.1) is 0 Å². The quantitative estimate of drug-likeness (QED) is 0.833. The molecule has 22 heavy (non-hydrogen) atoms. The van der Waals surface area contributed by atoms with Crippen molar-refractivity contribution in [2.75, 3.05) is 13.1 Å². The number of phenolic OH excluding ortho intramolecular Hbond substituents is 1. The highest BCUT2D eigenvalue weighted by molar-refractivity contribution is 5.45. The molecule has 2 heteroatoms. The van der Waals surface area contributed by atoms with Crippen LogP contribution in [0.25, 0.3) is 0 Å². The van der Waals surface area contributed by atoms with E-state index >= 15 is 0 Å². The molecule has 0 unspecified atom stereocenters. The molecule has 3 atom stereocenters. The number of piperidine rings is 1. The number of hydrogen-bond donors (Lipinski definition) is 1. The molecule has 0 radical (unpaired) electrons. The van der Waals surface area contributed by atoms with Crippen LogP contribution in [0, 0.1) is 5.92 Å². The average molecular weight is 297 g/mol. The molecule has 0 aromatic heterocycles. The fraction of sp³-hybridized carbons (Fsp3) is 0.600. The Bertz CT molecular complexity index is 608. The smallest absolute Gasteiger partial charge is 0.115 e. The van der Waals surface area contributed by atoms with E-state index in [1.165, 1.54) is 55.3 Å². The lowest BCUT2D eigenvalue weighted by molar-refractivity contribution is -0.00642. The monoisotopic (exact) mass is 297 g/mol. The first-order chi connectivity index (χ1) is 10.6. The molecule has 1 N–H and O–H groups in total. The summed E-state index contributed by atoms with van der Waals surface area (Å²) >= 11 is 0. The van der Waals surface area contributed by atoms with Crippen LogP contribution in [-0.4, -0.2) is 29.1 Å². The summed E-state index contributed by atoms with van der Waals surface area (Å²) in [5, 5.41) is 10.0. The molecule has 4 rings (SSSR count). The second-order valence-electron chi connectivity index (χ2n) is 7.80. The third kappa shape index (κ3) is 2.04. The van der Waals surface area contributed by atoms with E-state index in [2.05, 4.69) is 30.5 Å². The fourth-order valence-electron chi connectivity index (χ4n) is 5.62. The van der Waals surface area contributed by atoms with E-state index in [0.717, 1.165) is 18.9 Å². The summed E-state index contributed by atoms with van der Waals surface area (Å²) in [6.45, 7) is 8.52. The summed E-state index contributed by atoms with van der Waals surface area (Å²) < 4.78 is 0. The molecule has 1 saturated carbocycles. The lowest BCUT2D eigenvalue weighted by Gasteiger charge is -2.59. The molecule has 3 aliphatic rings. The molecule has 118 valence electrons. The first-order valence-corrected chi connectivity index (χ1v) is 8.81. The van der Waals surface area contributed by atoms with Crippen LogP contribution in [-0.2, 0) is 11.8 Å². The van der Waals surface area contributed by atoms with Crippen molar-refractivity contribution in [2.45, 2.75) is 56.9 Å². The van der Waals surface area contributed by atoms with Crippen molar-refractivity contribution in [2.24, 2.45) is 5.92 Å². The van der Waals surface area contributed by atoms with Gasteiger partial charge in [-0.3, -0.25) is 4.90 Å². The maximum Gasteiger partial charge on any atom is 0.115 e. The topological polar surface area (TPSA) is 23.5 Å². The number of rotatable bonds is 2. The summed E-state index contributed by atoms with van der Waals surface area (Å²) in [5.74, 6) is 1.21. The van der Waals surface area contributed by atoms with E-state index in [4.69, 9.17) is 0 Å². The summed E-state index contributed by atoms with van der Waals surface area (Å²) in [7, 11) is 0. The number of likely N-dealkylation sites (tertiary alicyclic amines) is 1. The van der Waals surface area contributed by atoms with Crippen LogP contribution in [0.4, 0.5) is 0 Å². The first-order valence-electron chi connectivity index (χ1n) is 8.81. The molecule has 0 amide bonds. The minimum Gasteiger partial charge on any atom is -0.508 e. The Hall–Kier alpha value is -1.28. The molecule has 2 nitrogen and oxygen atoms in total. The number of aromatic hydroxyl groups is 1. The minimum absolute atomic E-state index is 0.334. The van der Waals surface area contributed by atoms with Crippen LogP contribution in [0.1, 0.15) is 50.2 Å². The number of benzene rings is 1. The van der Waals surface area contributed by atoms with Crippen molar-refractivity contribution in [3.05, 3.63) is 41.5 Å². The zero-order chi connectivity index (χ0) is 15.3. The Morgan fingerprint density at radius 3 is 3.05 bits per heavy atom. The van der Waals surface area contributed by atoms with Gasteiger partial charge in [0.05, 0.1) is 0 Å². The molecule has 1 saturated heterocycles. The second-order valence-corrected chi connectivity index (χ2v) is 7.80. The molecule has 1 heterocycles. The number of fused-ring (bicyclic) bond motifs is 1. The van der Waals surface area contributed by atoms with Gasteiger partial charge in [0.1, 0.15) is 5.75 Å². The van der Waals surface area contributed by atoms with Crippen molar-refractivity contribution >= 4 is 0 Å². The van der Waals surface area contributed by atoms with Crippen molar-refractivity contribution in [3.8, 4) is 5.75 Å². The highest BCUT2D eigenvalue weighted by Gasteiger charge is 2.53. The van der Waals surface area contributed by atoms with Gasteiger partial charge < -0.3 is 5.11 Å². The van der Waals surface area contributed by atoms with E-state index in [0.29, 0.717) is 17.2 Å². The standard InChI is InChI=1S/C20H27NO/c1-14(2)13-21-10-9-20-8-4-3-5-17(20)19(21)11-15-6-7-16(22)12-18(15)20/h6-7,12,17,19,22H,1,3-5,8-11,13H2,2H3/t17-,19-,20+/m0/s1.